The minimum Gasteiger partial charge on any atom is 0 e. The normalized spacial score (nSPS) is 10.3. The molecule has 0 saturated heterocycles. The second kappa shape index (κ2) is 23.6. The average Bonchev–Trinajstić information content (AvgIpc) is 2.93. The van der Waals surface area contributed by atoms with E-state index in [4.69, 9.17) is 9.22 Å². The van der Waals surface area contributed by atoms with E-state index < -0.39 is 17.4 Å². The molecule has 0 radical (unpaired) electrons. The van der Waals surface area contributed by atoms with Gasteiger partial charge in [0.05, 0.1) is 0 Å². The van der Waals surface area contributed by atoms with Gasteiger partial charge in [0, 0.05) is 21.1 Å². The molecule has 0 aliphatic rings. The van der Waals surface area contributed by atoms with E-state index >= 15 is 0 Å². The van der Waals surface area contributed by atoms with Crippen molar-refractivity contribution in [2.75, 3.05) is 37.0 Å². The number of hydrogen-bond acceptors (Lipinski definition) is 3. The zero-order valence-electron chi connectivity index (χ0n) is 23.7. The third-order valence-electron chi connectivity index (χ3n) is 5.63. The predicted octanol–water partition coefficient (Wildman–Crippen LogP) is 10.1. The van der Waals surface area contributed by atoms with Crippen LogP contribution < -0.4 is 9.22 Å². The van der Waals surface area contributed by atoms with Gasteiger partial charge in [-0.2, -0.15) is 0 Å². The summed E-state index contributed by atoms with van der Waals surface area (Å²) in [6.07, 6.45) is 8.51. The van der Waals surface area contributed by atoms with Gasteiger partial charge in [-0.05, 0) is 37.0 Å². The Balaban J connectivity index is 0.000000760. The van der Waals surface area contributed by atoms with Gasteiger partial charge in [0.2, 0.25) is 0 Å². The van der Waals surface area contributed by atoms with Crippen LogP contribution >= 0.6 is 28.5 Å². The molecule has 0 fully saturated rings. The SMILES string of the molecule is CCP(CC)CC.CCP(CC)CC.[Br][Sn]([O]c1ccccc1)([O]c1ccccc1)[O]c1ccccc1.[Pt]. The van der Waals surface area contributed by atoms with Gasteiger partial charge in [-0.1, -0.05) is 41.5 Å². The number of rotatable bonds is 12. The maximum Gasteiger partial charge on any atom is 0 e. The van der Waals surface area contributed by atoms with Crippen molar-refractivity contribution in [3.05, 3.63) is 91.0 Å². The molecule has 0 aliphatic carbocycles. The van der Waals surface area contributed by atoms with Crippen molar-refractivity contribution < 1.29 is 30.3 Å². The summed E-state index contributed by atoms with van der Waals surface area (Å²) in [4.78, 5) is 0. The van der Waals surface area contributed by atoms with Crippen LogP contribution in [0, 0.1) is 0 Å². The van der Waals surface area contributed by atoms with Gasteiger partial charge in [-0.3, -0.25) is 0 Å². The average molecular weight is 909 g/mol. The first-order valence-electron chi connectivity index (χ1n) is 13.3. The molecule has 0 spiro atoms. The Morgan fingerprint density at radius 2 is 0.684 bits per heavy atom. The minimum atomic E-state index is -4.02. The first-order chi connectivity index (χ1) is 17.9. The van der Waals surface area contributed by atoms with Gasteiger partial charge in [-0.15, -0.1) is 15.8 Å². The van der Waals surface area contributed by atoms with E-state index in [1.807, 2.05) is 91.0 Å². The van der Waals surface area contributed by atoms with E-state index in [0.717, 1.165) is 0 Å². The maximum atomic E-state index is 6.09. The number of benzene rings is 3. The zero-order valence-corrected chi connectivity index (χ0v) is 32.2. The first kappa shape index (κ1) is 37.9. The second-order valence-corrected chi connectivity index (χ2v) is 25.5. The molecule has 0 atom stereocenters. The summed E-state index contributed by atoms with van der Waals surface area (Å²) in [5.41, 5.74) is 0. The van der Waals surface area contributed by atoms with Crippen molar-refractivity contribution in [3.8, 4) is 17.2 Å². The molecular formula is C30H45BrO3P2PtSn. The molecule has 0 bridgehead atoms. The summed E-state index contributed by atoms with van der Waals surface area (Å²) < 4.78 is 18.3. The molecule has 0 heterocycles. The molecule has 0 N–H and O–H groups in total. The largest absolute Gasteiger partial charge is 0 e. The Bertz CT molecular complexity index is 794. The Kier molecular flexibility index (Phi) is 23.5. The Labute approximate surface area is 260 Å². The Hall–Kier alpha value is -0.113. The van der Waals surface area contributed by atoms with Crippen LogP contribution in [-0.2, 0) is 21.1 Å². The summed E-state index contributed by atoms with van der Waals surface area (Å²) in [7, 11) is 0.892. The van der Waals surface area contributed by atoms with Crippen LogP contribution in [0.25, 0.3) is 0 Å². The van der Waals surface area contributed by atoms with Crippen molar-refractivity contribution in [1.82, 2.24) is 0 Å². The van der Waals surface area contributed by atoms with Gasteiger partial charge in [0.1, 0.15) is 0 Å². The Morgan fingerprint density at radius 1 is 0.474 bits per heavy atom. The van der Waals surface area contributed by atoms with E-state index in [-0.39, 0.29) is 21.1 Å². The van der Waals surface area contributed by atoms with Crippen molar-refractivity contribution in [2.24, 2.45) is 0 Å². The molecule has 0 amide bonds. The van der Waals surface area contributed by atoms with E-state index in [9.17, 15) is 0 Å². The zero-order chi connectivity index (χ0) is 27.4. The topological polar surface area (TPSA) is 27.7 Å². The van der Waals surface area contributed by atoms with Crippen molar-refractivity contribution >= 4 is 45.9 Å². The molecule has 0 aromatic heterocycles. The molecule has 8 heteroatoms. The predicted molar refractivity (Wildman–Crippen MR) is 173 cm³/mol. The van der Waals surface area contributed by atoms with Crippen LogP contribution in [0.3, 0.4) is 0 Å². The summed E-state index contributed by atoms with van der Waals surface area (Å²) in [5.74, 6) is 2.14. The number of hydrogen-bond donors (Lipinski definition) is 0. The number of halogens is 1. The van der Waals surface area contributed by atoms with Crippen LogP contribution in [0.5, 0.6) is 17.2 Å². The van der Waals surface area contributed by atoms with E-state index in [0.29, 0.717) is 33.1 Å². The van der Waals surface area contributed by atoms with E-state index in [1.54, 1.807) is 0 Å². The van der Waals surface area contributed by atoms with Gasteiger partial charge in [0.25, 0.3) is 0 Å². The van der Waals surface area contributed by atoms with Gasteiger partial charge in [0.15, 0.2) is 0 Å². The molecule has 214 valence electrons. The summed E-state index contributed by atoms with van der Waals surface area (Å²) in [6, 6.07) is 28.6. The fourth-order valence-corrected chi connectivity index (χ4v) is 13.7. The second-order valence-electron chi connectivity index (χ2n) is 7.97. The fourth-order valence-electron chi connectivity index (χ4n) is 3.29. The molecule has 0 saturated carbocycles. The molecule has 0 unspecified atom stereocenters. The molecule has 0 aliphatic heterocycles. The van der Waals surface area contributed by atoms with Crippen LogP contribution in [-0.4, -0.2) is 54.4 Å². The third-order valence-corrected chi connectivity index (χ3v) is 18.4. The monoisotopic (exact) mass is 909 g/mol. The van der Waals surface area contributed by atoms with Crippen molar-refractivity contribution in [1.29, 1.82) is 0 Å². The summed E-state index contributed by atoms with van der Waals surface area (Å²) in [6.45, 7) is 13.7. The van der Waals surface area contributed by atoms with Gasteiger partial charge >= 0.3 is 148 Å². The van der Waals surface area contributed by atoms with Crippen molar-refractivity contribution in [3.63, 3.8) is 0 Å². The Morgan fingerprint density at radius 3 is 0.842 bits per heavy atom. The molecule has 38 heavy (non-hydrogen) atoms. The van der Waals surface area contributed by atoms with Crippen LogP contribution in [0.4, 0.5) is 0 Å². The van der Waals surface area contributed by atoms with Crippen LogP contribution in [0.1, 0.15) is 41.5 Å². The number of para-hydroxylation sites is 3. The van der Waals surface area contributed by atoms with E-state index in [2.05, 4.69) is 54.2 Å². The van der Waals surface area contributed by atoms with Crippen molar-refractivity contribution in [2.45, 2.75) is 41.5 Å². The minimum absolute atomic E-state index is 0. The van der Waals surface area contributed by atoms with Crippen LogP contribution in [0.2, 0.25) is 0 Å². The molecule has 3 rings (SSSR count). The smallest absolute Gasteiger partial charge is 0 e. The molecule has 3 aromatic rings. The molecular weight excluding hydrogens is 864 g/mol. The van der Waals surface area contributed by atoms with Gasteiger partial charge in [-0.25, -0.2) is 0 Å². The third kappa shape index (κ3) is 16.9. The molecule has 3 nitrogen and oxygen atoms in total. The standard InChI is InChI=1S/3C6H6O.2C6H15P.BrH.Pt.Sn/c3*7-6-4-2-1-3-5-6;2*1-4-7(5-2)6-3;;;/h3*1-5,7H;2*4-6H2,1-3H3;1H;;/q;;;;;;;+4/p-4. The maximum absolute atomic E-state index is 6.09. The first-order valence-corrected chi connectivity index (χ1v) is 27.0. The quantitative estimate of drug-likeness (QED) is 0.134. The summed E-state index contributed by atoms with van der Waals surface area (Å²) >= 11 is -0.383. The molecule has 3 aromatic carbocycles. The summed E-state index contributed by atoms with van der Waals surface area (Å²) in [5, 5.41) is 0. The fraction of sp³-hybridized carbons (Fsp3) is 0.400. The van der Waals surface area contributed by atoms with Gasteiger partial charge < -0.3 is 0 Å². The van der Waals surface area contributed by atoms with Crippen LogP contribution in [0.15, 0.2) is 91.0 Å². The van der Waals surface area contributed by atoms with E-state index in [1.165, 1.54) is 37.0 Å².